The molecule has 0 spiro atoms. The molecule has 3 aromatic carbocycles. The van der Waals surface area contributed by atoms with Crippen LogP contribution in [0.25, 0.3) is 10.8 Å². The normalized spacial score (nSPS) is 10.5. The van der Waals surface area contributed by atoms with Crippen molar-refractivity contribution in [2.24, 2.45) is 0 Å². The standard InChI is InChI=1S/C17H13NO3/c19-15-8-4-5-11-9-14(16(20)10-13(11)15)17(21)18-12-6-2-1-3-7-12/h1-10,19-20H,(H,18,21). The van der Waals surface area contributed by atoms with Gasteiger partial charge in [-0.1, -0.05) is 30.3 Å². The first-order chi connectivity index (χ1) is 10.1. The highest BCUT2D eigenvalue weighted by molar-refractivity contribution is 6.09. The second kappa shape index (κ2) is 5.17. The molecule has 4 nitrogen and oxygen atoms in total. The fourth-order valence-electron chi connectivity index (χ4n) is 2.20. The van der Waals surface area contributed by atoms with E-state index in [1.807, 2.05) is 18.2 Å². The minimum atomic E-state index is -0.399. The molecular weight excluding hydrogens is 266 g/mol. The SMILES string of the molecule is O=C(Nc1ccccc1)c1cc2cccc(O)c2cc1O. The molecule has 0 unspecified atom stereocenters. The number of anilines is 1. The van der Waals surface area contributed by atoms with Crippen LogP contribution in [-0.2, 0) is 0 Å². The van der Waals surface area contributed by atoms with Crippen LogP contribution in [0.4, 0.5) is 5.69 Å². The van der Waals surface area contributed by atoms with Crippen LogP contribution in [0.3, 0.4) is 0 Å². The van der Waals surface area contributed by atoms with Gasteiger partial charge in [0, 0.05) is 11.1 Å². The number of phenols is 2. The first-order valence-electron chi connectivity index (χ1n) is 6.46. The molecule has 1 amide bonds. The average molecular weight is 279 g/mol. The van der Waals surface area contributed by atoms with E-state index in [2.05, 4.69) is 5.32 Å². The summed E-state index contributed by atoms with van der Waals surface area (Å²) in [6.45, 7) is 0. The number of carbonyl (C=O) groups is 1. The van der Waals surface area contributed by atoms with Gasteiger partial charge in [0.25, 0.3) is 5.91 Å². The maximum atomic E-state index is 12.2. The zero-order valence-corrected chi connectivity index (χ0v) is 11.1. The number of phenolic OH excluding ortho intramolecular Hbond substituents is 2. The van der Waals surface area contributed by atoms with Gasteiger partial charge in [-0.3, -0.25) is 4.79 Å². The van der Waals surface area contributed by atoms with Crippen LogP contribution in [0.2, 0.25) is 0 Å². The van der Waals surface area contributed by atoms with Crippen LogP contribution in [0.5, 0.6) is 11.5 Å². The topological polar surface area (TPSA) is 69.6 Å². The van der Waals surface area contributed by atoms with Gasteiger partial charge in [0.1, 0.15) is 11.5 Å². The van der Waals surface area contributed by atoms with E-state index in [9.17, 15) is 15.0 Å². The quantitative estimate of drug-likeness (QED) is 0.672. The molecule has 0 heterocycles. The fourth-order valence-corrected chi connectivity index (χ4v) is 2.20. The van der Waals surface area contributed by atoms with Crippen molar-refractivity contribution in [1.29, 1.82) is 0 Å². The van der Waals surface area contributed by atoms with Gasteiger partial charge in [-0.15, -0.1) is 0 Å². The van der Waals surface area contributed by atoms with Crippen molar-refractivity contribution in [2.75, 3.05) is 5.32 Å². The molecule has 3 N–H and O–H groups in total. The van der Waals surface area contributed by atoms with Gasteiger partial charge in [0.05, 0.1) is 5.56 Å². The molecule has 0 aliphatic carbocycles. The Bertz CT molecular complexity index is 813. The zero-order valence-electron chi connectivity index (χ0n) is 11.1. The Kier molecular flexibility index (Phi) is 3.20. The zero-order chi connectivity index (χ0) is 14.8. The molecule has 0 aliphatic heterocycles. The van der Waals surface area contributed by atoms with Crippen LogP contribution >= 0.6 is 0 Å². The molecule has 0 radical (unpaired) electrons. The largest absolute Gasteiger partial charge is 0.507 e. The number of hydrogen-bond donors (Lipinski definition) is 3. The molecule has 0 aliphatic rings. The van der Waals surface area contributed by atoms with E-state index in [1.54, 1.807) is 30.3 Å². The summed E-state index contributed by atoms with van der Waals surface area (Å²) in [5, 5.41) is 23.7. The molecule has 3 aromatic rings. The third-order valence-electron chi connectivity index (χ3n) is 3.25. The van der Waals surface area contributed by atoms with Gasteiger partial charge in [-0.2, -0.15) is 0 Å². The second-order valence-electron chi connectivity index (χ2n) is 4.69. The summed E-state index contributed by atoms with van der Waals surface area (Å²) < 4.78 is 0. The molecule has 3 rings (SSSR count). The van der Waals surface area contributed by atoms with E-state index < -0.39 is 5.91 Å². The van der Waals surface area contributed by atoms with Gasteiger partial charge in [-0.25, -0.2) is 0 Å². The molecule has 0 saturated carbocycles. The lowest BCUT2D eigenvalue weighted by molar-refractivity contribution is 0.102. The van der Waals surface area contributed by atoms with E-state index in [0.717, 1.165) is 0 Å². The van der Waals surface area contributed by atoms with Crippen LogP contribution in [0.1, 0.15) is 10.4 Å². The summed E-state index contributed by atoms with van der Waals surface area (Å²) >= 11 is 0. The maximum Gasteiger partial charge on any atom is 0.259 e. The van der Waals surface area contributed by atoms with E-state index in [-0.39, 0.29) is 17.1 Å². The van der Waals surface area contributed by atoms with Crippen LogP contribution in [0.15, 0.2) is 60.7 Å². The van der Waals surface area contributed by atoms with E-state index >= 15 is 0 Å². The van der Waals surface area contributed by atoms with Gasteiger partial charge in [-0.05, 0) is 35.7 Å². The van der Waals surface area contributed by atoms with E-state index in [0.29, 0.717) is 16.5 Å². The second-order valence-corrected chi connectivity index (χ2v) is 4.69. The Morgan fingerprint density at radius 3 is 2.38 bits per heavy atom. The Morgan fingerprint density at radius 2 is 1.62 bits per heavy atom. The van der Waals surface area contributed by atoms with Crippen molar-refractivity contribution in [3.63, 3.8) is 0 Å². The highest BCUT2D eigenvalue weighted by Gasteiger charge is 2.13. The number of aromatic hydroxyl groups is 2. The minimum absolute atomic E-state index is 0.0674. The predicted molar refractivity (Wildman–Crippen MR) is 81.7 cm³/mol. The molecule has 0 fully saturated rings. The summed E-state index contributed by atoms with van der Waals surface area (Å²) in [6.07, 6.45) is 0. The number of amides is 1. The summed E-state index contributed by atoms with van der Waals surface area (Å²) in [5.41, 5.74) is 0.815. The predicted octanol–water partition coefficient (Wildman–Crippen LogP) is 3.50. The Labute approximate surface area is 121 Å². The summed E-state index contributed by atoms with van der Waals surface area (Å²) in [4.78, 5) is 12.2. The van der Waals surface area contributed by atoms with Crippen LogP contribution in [-0.4, -0.2) is 16.1 Å². The molecule has 21 heavy (non-hydrogen) atoms. The van der Waals surface area contributed by atoms with Crippen molar-refractivity contribution in [3.8, 4) is 11.5 Å². The van der Waals surface area contributed by atoms with Crippen LogP contribution in [0, 0.1) is 0 Å². The Hall–Kier alpha value is -3.01. The van der Waals surface area contributed by atoms with Crippen molar-refractivity contribution in [3.05, 3.63) is 66.2 Å². The Balaban J connectivity index is 2.00. The maximum absolute atomic E-state index is 12.2. The lowest BCUT2D eigenvalue weighted by Crippen LogP contribution is -2.11. The molecule has 0 atom stereocenters. The van der Waals surface area contributed by atoms with E-state index in [4.69, 9.17) is 0 Å². The lowest BCUT2D eigenvalue weighted by atomic mass is 10.0. The number of fused-ring (bicyclic) bond motifs is 1. The molecular formula is C17H13NO3. The molecule has 104 valence electrons. The number of para-hydroxylation sites is 1. The number of benzene rings is 3. The number of rotatable bonds is 2. The summed E-state index contributed by atoms with van der Waals surface area (Å²) in [5.74, 6) is -0.501. The van der Waals surface area contributed by atoms with Crippen molar-refractivity contribution in [2.45, 2.75) is 0 Å². The highest BCUT2D eigenvalue weighted by atomic mass is 16.3. The number of carbonyl (C=O) groups excluding carboxylic acids is 1. The minimum Gasteiger partial charge on any atom is -0.507 e. The first kappa shape index (κ1) is 13.0. The third kappa shape index (κ3) is 2.51. The van der Waals surface area contributed by atoms with Crippen molar-refractivity contribution < 1.29 is 15.0 Å². The Morgan fingerprint density at radius 1 is 0.857 bits per heavy atom. The molecule has 4 heteroatoms. The highest BCUT2D eigenvalue weighted by Crippen LogP contribution is 2.31. The number of hydrogen-bond acceptors (Lipinski definition) is 3. The van der Waals surface area contributed by atoms with Gasteiger partial charge in [0.2, 0.25) is 0 Å². The third-order valence-corrected chi connectivity index (χ3v) is 3.25. The average Bonchev–Trinajstić information content (AvgIpc) is 2.48. The van der Waals surface area contributed by atoms with Crippen LogP contribution < -0.4 is 5.32 Å². The smallest absolute Gasteiger partial charge is 0.259 e. The monoisotopic (exact) mass is 279 g/mol. The van der Waals surface area contributed by atoms with Gasteiger partial charge < -0.3 is 15.5 Å². The molecule has 0 aromatic heterocycles. The summed E-state index contributed by atoms with van der Waals surface area (Å²) in [7, 11) is 0. The van der Waals surface area contributed by atoms with Gasteiger partial charge >= 0.3 is 0 Å². The fraction of sp³-hybridized carbons (Fsp3) is 0. The number of nitrogens with one attached hydrogen (secondary N) is 1. The first-order valence-corrected chi connectivity index (χ1v) is 6.46. The van der Waals surface area contributed by atoms with E-state index in [1.165, 1.54) is 12.1 Å². The molecule has 0 saturated heterocycles. The van der Waals surface area contributed by atoms with Gasteiger partial charge in [0.15, 0.2) is 0 Å². The molecule has 0 bridgehead atoms. The van der Waals surface area contributed by atoms with Crippen molar-refractivity contribution >= 4 is 22.4 Å². The lowest BCUT2D eigenvalue weighted by Gasteiger charge is -2.09. The summed E-state index contributed by atoms with van der Waals surface area (Å²) in [6, 6.07) is 17.0. The van der Waals surface area contributed by atoms with Crippen molar-refractivity contribution in [1.82, 2.24) is 0 Å².